The maximum atomic E-state index is 12.3. The maximum Gasteiger partial charge on any atom is 0.238 e. The molecule has 6 heteroatoms. The molecule has 2 aromatic carbocycles. The van der Waals surface area contributed by atoms with Gasteiger partial charge in [-0.1, -0.05) is 35.3 Å². The molecule has 0 spiro atoms. The molecule has 0 bridgehead atoms. The molecule has 0 unspecified atom stereocenters. The number of benzene rings is 2. The number of halogens is 2. The average Bonchev–Trinajstić information content (AvgIpc) is 2.92. The molecule has 1 aliphatic heterocycles. The molecular formula is C16H13Cl2NO2S. The predicted octanol–water partition coefficient (Wildman–Crippen LogP) is 4.78. The Morgan fingerprint density at radius 2 is 1.86 bits per heavy atom. The van der Waals surface area contributed by atoms with E-state index in [-0.39, 0.29) is 11.3 Å². The Labute approximate surface area is 143 Å². The molecule has 1 fully saturated rings. The van der Waals surface area contributed by atoms with Gasteiger partial charge in [0.2, 0.25) is 5.91 Å². The van der Waals surface area contributed by atoms with Crippen LogP contribution >= 0.6 is 35.0 Å². The summed E-state index contributed by atoms with van der Waals surface area (Å²) in [5, 5.41) is 0.846. The van der Waals surface area contributed by atoms with Crippen LogP contribution in [0.3, 0.4) is 0 Å². The fourth-order valence-corrected chi connectivity index (χ4v) is 3.82. The van der Waals surface area contributed by atoms with Gasteiger partial charge in [-0.05, 0) is 35.9 Å². The Kier molecular flexibility index (Phi) is 4.52. The van der Waals surface area contributed by atoms with Crippen molar-refractivity contribution in [2.45, 2.75) is 5.37 Å². The lowest BCUT2D eigenvalue weighted by Crippen LogP contribution is -2.27. The van der Waals surface area contributed by atoms with Crippen molar-refractivity contribution in [2.75, 3.05) is 17.8 Å². The second-order valence-electron chi connectivity index (χ2n) is 4.80. The number of methoxy groups -OCH3 is 1. The normalized spacial score (nSPS) is 17.9. The zero-order valence-electron chi connectivity index (χ0n) is 11.8. The van der Waals surface area contributed by atoms with Crippen LogP contribution in [0.2, 0.25) is 10.0 Å². The molecule has 1 atom stereocenters. The fraction of sp³-hybridized carbons (Fsp3) is 0.188. The lowest BCUT2D eigenvalue weighted by Gasteiger charge is -2.24. The molecule has 3 nitrogen and oxygen atoms in total. The van der Waals surface area contributed by atoms with E-state index in [0.717, 1.165) is 17.0 Å². The quantitative estimate of drug-likeness (QED) is 0.794. The minimum absolute atomic E-state index is 0.0595. The summed E-state index contributed by atoms with van der Waals surface area (Å²) < 4.78 is 5.17. The third-order valence-electron chi connectivity index (χ3n) is 3.45. The SMILES string of the molecule is COc1ccc([C@@H]2SCC(=O)N2c2ccc(Cl)c(Cl)c2)cc1. The summed E-state index contributed by atoms with van der Waals surface area (Å²) in [6.45, 7) is 0. The molecule has 0 aliphatic carbocycles. The van der Waals surface area contributed by atoms with Crippen LogP contribution in [-0.4, -0.2) is 18.8 Å². The number of carbonyl (C=O) groups is 1. The van der Waals surface area contributed by atoms with E-state index in [0.29, 0.717) is 15.8 Å². The van der Waals surface area contributed by atoms with Crippen LogP contribution in [-0.2, 0) is 4.79 Å². The highest BCUT2D eigenvalue weighted by Crippen LogP contribution is 2.43. The number of ether oxygens (including phenoxy) is 1. The van der Waals surface area contributed by atoms with E-state index in [9.17, 15) is 4.79 Å². The molecule has 114 valence electrons. The van der Waals surface area contributed by atoms with E-state index < -0.39 is 0 Å². The summed E-state index contributed by atoms with van der Waals surface area (Å²) in [5.41, 5.74) is 1.80. The molecule has 1 aliphatic rings. The van der Waals surface area contributed by atoms with Crippen LogP contribution in [0.5, 0.6) is 5.75 Å². The van der Waals surface area contributed by atoms with Crippen LogP contribution in [0.1, 0.15) is 10.9 Å². The number of thioether (sulfide) groups is 1. The number of amides is 1. The molecule has 3 rings (SSSR count). The maximum absolute atomic E-state index is 12.3. The average molecular weight is 354 g/mol. The van der Waals surface area contributed by atoms with Gasteiger partial charge in [-0.3, -0.25) is 9.69 Å². The first-order chi connectivity index (χ1) is 10.6. The summed E-state index contributed by atoms with van der Waals surface area (Å²) in [6.07, 6.45) is 0. The molecule has 0 saturated carbocycles. The summed E-state index contributed by atoms with van der Waals surface area (Å²) in [7, 11) is 1.63. The second kappa shape index (κ2) is 6.41. The number of anilines is 1. The van der Waals surface area contributed by atoms with E-state index in [1.54, 1.807) is 35.9 Å². The summed E-state index contributed by atoms with van der Waals surface area (Å²) >= 11 is 13.6. The van der Waals surface area contributed by atoms with E-state index in [1.165, 1.54) is 0 Å². The van der Waals surface area contributed by atoms with Crippen LogP contribution in [0.4, 0.5) is 5.69 Å². The minimum atomic E-state index is -0.0735. The molecule has 2 aromatic rings. The largest absolute Gasteiger partial charge is 0.497 e. The van der Waals surface area contributed by atoms with Gasteiger partial charge in [0.05, 0.1) is 22.9 Å². The van der Waals surface area contributed by atoms with Crippen molar-refractivity contribution >= 4 is 46.6 Å². The van der Waals surface area contributed by atoms with E-state index in [2.05, 4.69) is 0 Å². The molecule has 1 saturated heterocycles. The first-order valence-corrected chi connectivity index (χ1v) is 8.43. The van der Waals surface area contributed by atoms with Crippen molar-refractivity contribution in [3.05, 3.63) is 58.1 Å². The smallest absolute Gasteiger partial charge is 0.238 e. The third kappa shape index (κ3) is 2.91. The van der Waals surface area contributed by atoms with Crippen LogP contribution in [0.15, 0.2) is 42.5 Å². The number of nitrogens with zero attached hydrogens (tertiary/aromatic N) is 1. The molecule has 22 heavy (non-hydrogen) atoms. The van der Waals surface area contributed by atoms with Gasteiger partial charge in [0.1, 0.15) is 11.1 Å². The second-order valence-corrected chi connectivity index (χ2v) is 6.68. The number of hydrogen-bond acceptors (Lipinski definition) is 3. The predicted molar refractivity (Wildman–Crippen MR) is 92.1 cm³/mol. The van der Waals surface area contributed by atoms with Crippen molar-refractivity contribution in [1.29, 1.82) is 0 Å². The van der Waals surface area contributed by atoms with Crippen molar-refractivity contribution in [3.8, 4) is 5.75 Å². The van der Waals surface area contributed by atoms with Gasteiger partial charge in [-0.25, -0.2) is 0 Å². The van der Waals surface area contributed by atoms with Gasteiger partial charge in [0, 0.05) is 5.69 Å². The number of hydrogen-bond donors (Lipinski definition) is 0. The van der Waals surface area contributed by atoms with Gasteiger partial charge >= 0.3 is 0 Å². The summed E-state index contributed by atoms with van der Waals surface area (Å²) in [6, 6.07) is 13.0. The Hall–Kier alpha value is -1.36. The number of carbonyl (C=O) groups excluding carboxylic acids is 1. The monoisotopic (exact) mass is 353 g/mol. The van der Waals surface area contributed by atoms with Crippen LogP contribution in [0.25, 0.3) is 0 Å². The third-order valence-corrected chi connectivity index (χ3v) is 5.40. The number of rotatable bonds is 3. The molecular weight excluding hydrogens is 341 g/mol. The van der Waals surface area contributed by atoms with Gasteiger partial charge in [0.25, 0.3) is 0 Å². The molecule has 1 amide bonds. The fourth-order valence-electron chi connectivity index (χ4n) is 2.35. The lowest BCUT2D eigenvalue weighted by atomic mass is 10.2. The molecule has 1 heterocycles. The lowest BCUT2D eigenvalue weighted by molar-refractivity contribution is -0.115. The van der Waals surface area contributed by atoms with Gasteiger partial charge in [-0.15, -0.1) is 11.8 Å². The molecule has 0 aromatic heterocycles. The Morgan fingerprint density at radius 1 is 1.14 bits per heavy atom. The first-order valence-electron chi connectivity index (χ1n) is 6.63. The van der Waals surface area contributed by atoms with Gasteiger partial charge in [0.15, 0.2) is 0 Å². The van der Waals surface area contributed by atoms with E-state index >= 15 is 0 Å². The van der Waals surface area contributed by atoms with E-state index in [4.69, 9.17) is 27.9 Å². The first kappa shape index (κ1) is 15.5. The zero-order valence-corrected chi connectivity index (χ0v) is 14.1. The highest BCUT2D eigenvalue weighted by molar-refractivity contribution is 8.00. The minimum Gasteiger partial charge on any atom is -0.497 e. The van der Waals surface area contributed by atoms with Crippen molar-refractivity contribution in [1.82, 2.24) is 0 Å². The molecule has 0 N–H and O–H groups in total. The van der Waals surface area contributed by atoms with Crippen LogP contribution in [0, 0.1) is 0 Å². The molecule has 0 radical (unpaired) electrons. The van der Waals surface area contributed by atoms with Gasteiger partial charge in [-0.2, -0.15) is 0 Å². The topological polar surface area (TPSA) is 29.5 Å². The van der Waals surface area contributed by atoms with Crippen LogP contribution < -0.4 is 9.64 Å². The van der Waals surface area contributed by atoms with Gasteiger partial charge < -0.3 is 4.74 Å². The van der Waals surface area contributed by atoms with Crippen molar-refractivity contribution in [3.63, 3.8) is 0 Å². The summed E-state index contributed by atoms with van der Waals surface area (Å²) in [5.74, 6) is 1.29. The van der Waals surface area contributed by atoms with E-state index in [1.807, 2.05) is 30.3 Å². The Balaban J connectivity index is 1.96. The highest BCUT2D eigenvalue weighted by Gasteiger charge is 2.34. The Bertz CT molecular complexity index is 706. The standard InChI is InChI=1S/C16H13Cl2NO2S/c1-21-12-5-2-10(3-6-12)16-19(15(20)9-22-16)11-4-7-13(17)14(18)8-11/h2-8,16H,9H2,1H3/t16-/m0/s1. The highest BCUT2D eigenvalue weighted by atomic mass is 35.5. The zero-order chi connectivity index (χ0) is 15.7. The Morgan fingerprint density at radius 3 is 2.50 bits per heavy atom. The van der Waals surface area contributed by atoms with Crippen molar-refractivity contribution < 1.29 is 9.53 Å². The van der Waals surface area contributed by atoms with Crippen molar-refractivity contribution in [2.24, 2.45) is 0 Å². The summed E-state index contributed by atoms with van der Waals surface area (Å²) in [4.78, 5) is 14.0.